The number of rotatable bonds is 4. The summed E-state index contributed by atoms with van der Waals surface area (Å²) in [7, 11) is 0. The molecular weight excluding hydrogens is 300 g/mol. The Balaban J connectivity index is 1.51. The number of benzene rings is 1. The maximum Gasteiger partial charge on any atom is 0.225 e. The highest BCUT2D eigenvalue weighted by molar-refractivity contribution is 5.89. The summed E-state index contributed by atoms with van der Waals surface area (Å²) in [5, 5.41) is 3.22. The molecule has 1 aliphatic heterocycles. The number of nitrogens with zero attached hydrogens (tertiary/aromatic N) is 1. The fourth-order valence-corrected chi connectivity index (χ4v) is 3.82. The van der Waals surface area contributed by atoms with E-state index >= 15 is 0 Å². The average Bonchev–Trinajstić information content (AvgIpc) is 2.92. The minimum atomic E-state index is -0.188. The molecule has 2 fully saturated rings. The predicted octanol–water partition coefficient (Wildman–Crippen LogP) is 3.26. The monoisotopic (exact) mass is 328 g/mol. The maximum absolute atomic E-state index is 12.6. The van der Waals surface area contributed by atoms with Gasteiger partial charge in [-0.2, -0.15) is 0 Å². The predicted molar refractivity (Wildman–Crippen MR) is 94.2 cm³/mol. The molecule has 4 nitrogen and oxygen atoms in total. The molecule has 24 heavy (non-hydrogen) atoms. The van der Waals surface area contributed by atoms with E-state index < -0.39 is 0 Å². The summed E-state index contributed by atoms with van der Waals surface area (Å²) in [4.78, 5) is 26.6. The zero-order valence-corrected chi connectivity index (χ0v) is 14.4. The van der Waals surface area contributed by atoms with Crippen molar-refractivity contribution in [3.63, 3.8) is 0 Å². The van der Waals surface area contributed by atoms with Crippen LogP contribution in [0.15, 0.2) is 30.3 Å². The number of nitrogens with one attached hydrogen (secondary N) is 1. The van der Waals surface area contributed by atoms with Crippen molar-refractivity contribution in [1.82, 2.24) is 10.2 Å². The standard InChI is InChI=1S/C20H28N2O2/c23-19-13-17(15-22(19)14-16-9-5-4-6-10-16)20(24)21-18-11-7-2-1-3-8-12-18/h4-6,9-10,17-18H,1-3,7-8,11-15H2,(H,21,24). The summed E-state index contributed by atoms with van der Waals surface area (Å²) in [6.07, 6.45) is 8.81. The molecular formula is C20H28N2O2. The lowest BCUT2D eigenvalue weighted by Gasteiger charge is -2.23. The summed E-state index contributed by atoms with van der Waals surface area (Å²) in [6, 6.07) is 10.3. The zero-order valence-electron chi connectivity index (χ0n) is 14.4. The average molecular weight is 328 g/mol. The molecule has 1 heterocycles. The first-order chi connectivity index (χ1) is 11.7. The van der Waals surface area contributed by atoms with Crippen molar-refractivity contribution < 1.29 is 9.59 Å². The van der Waals surface area contributed by atoms with Crippen LogP contribution in [0.1, 0.15) is 56.9 Å². The molecule has 4 heteroatoms. The van der Waals surface area contributed by atoms with Gasteiger partial charge < -0.3 is 10.2 Å². The van der Waals surface area contributed by atoms with Gasteiger partial charge in [-0.1, -0.05) is 62.4 Å². The van der Waals surface area contributed by atoms with E-state index in [1.165, 1.54) is 32.1 Å². The Morgan fingerprint density at radius 1 is 1.04 bits per heavy atom. The second-order valence-corrected chi connectivity index (χ2v) is 7.21. The third-order valence-electron chi connectivity index (χ3n) is 5.25. The smallest absolute Gasteiger partial charge is 0.225 e. The largest absolute Gasteiger partial charge is 0.353 e. The fourth-order valence-electron chi connectivity index (χ4n) is 3.82. The number of amides is 2. The lowest BCUT2D eigenvalue weighted by molar-refractivity contribution is -0.129. The van der Waals surface area contributed by atoms with Crippen LogP contribution in [0.25, 0.3) is 0 Å². The Kier molecular flexibility index (Phi) is 5.89. The van der Waals surface area contributed by atoms with Crippen LogP contribution in [0, 0.1) is 5.92 Å². The van der Waals surface area contributed by atoms with Crippen LogP contribution in [0.3, 0.4) is 0 Å². The molecule has 0 bridgehead atoms. The van der Waals surface area contributed by atoms with E-state index in [1.807, 2.05) is 35.2 Å². The third-order valence-corrected chi connectivity index (χ3v) is 5.25. The zero-order chi connectivity index (χ0) is 16.8. The summed E-state index contributed by atoms with van der Waals surface area (Å²) in [6.45, 7) is 1.15. The molecule has 1 aliphatic carbocycles. The first-order valence-corrected chi connectivity index (χ1v) is 9.34. The van der Waals surface area contributed by atoms with Crippen molar-refractivity contribution in [2.24, 2.45) is 5.92 Å². The van der Waals surface area contributed by atoms with Crippen molar-refractivity contribution >= 4 is 11.8 Å². The third kappa shape index (κ3) is 4.59. The molecule has 0 aromatic heterocycles. The summed E-state index contributed by atoms with van der Waals surface area (Å²) in [5.74, 6) is -0.0205. The van der Waals surface area contributed by atoms with Gasteiger partial charge in [0, 0.05) is 25.6 Å². The van der Waals surface area contributed by atoms with Crippen LogP contribution in [-0.4, -0.2) is 29.3 Å². The molecule has 1 N–H and O–H groups in total. The van der Waals surface area contributed by atoms with Gasteiger partial charge in [0.2, 0.25) is 11.8 Å². The van der Waals surface area contributed by atoms with Crippen LogP contribution in [0.4, 0.5) is 0 Å². The van der Waals surface area contributed by atoms with E-state index in [2.05, 4.69) is 5.32 Å². The van der Waals surface area contributed by atoms with Crippen molar-refractivity contribution in [2.45, 2.75) is 64.0 Å². The molecule has 2 aliphatic rings. The number of likely N-dealkylation sites (tertiary alicyclic amines) is 1. The Labute approximate surface area is 144 Å². The number of carbonyl (C=O) groups excluding carboxylic acids is 2. The maximum atomic E-state index is 12.6. The van der Waals surface area contributed by atoms with Crippen molar-refractivity contribution in [1.29, 1.82) is 0 Å². The van der Waals surface area contributed by atoms with Gasteiger partial charge in [0.1, 0.15) is 0 Å². The minimum absolute atomic E-state index is 0.0736. The molecule has 1 saturated heterocycles. The Hall–Kier alpha value is -1.84. The van der Waals surface area contributed by atoms with Gasteiger partial charge in [-0.25, -0.2) is 0 Å². The van der Waals surface area contributed by atoms with Crippen LogP contribution < -0.4 is 5.32 Å². The van der Waals surface area contributed by atoms with Crippen molar-refractivity contribution in [3.8, 4) is 0 Å². The van der Waals surface area contributed by atoms with E-state index in [0.717, 1.165) is 18.4 Å². The van der Waals surface area contributed by atoms with E-state index in [-0.39, 0.29) is 17.7 Å². The Bertz CT molecular complexity index is 550. The molecule has 0 radical (unpaired) electrons. The molecule has 1 saturated carbocycles. The fraction of sp³-hybridized carbons (Fsp3) is 0.600. The SMILES string of the molecule is O=C(NC1CCCCCCC1)C1CC(=O)N(Cc2ccccc2)C1. The van der Waals surface area contributed by atoms with Gasteiger partial charge in [-0.05, 0) is 18.4 Å². The Morgan fingerprint density at radius 3 is 2.42 bits per heavy atom. The van der Waals surface area contributed by atoms with Gasteiger partial charge in [-0.15, -0.1) is 0 Å². The molecule has 1 aromatic carbocycles. The number of hydrogen-bond acceptors (Lipinski definition) is 2. The summed E-state index contributed by atoms with van der Waals surface area (Å²) >= 11 is 0. The summed E-state index contributed by atoms with van der Waals surface area (Å²) < 4.78 is 0. The second-order valence-electron chi connectivity index (χ2n) is 7.21. The second kappa shape index (κ2) is 8.32. The minimum Gasteiger partial charge on any atom is -0.353 e. The number of carbonyl (C=O) groups is 2. The summed E-state index contributed by atoms with van der Waals surface area (Å²) in [5.41, 5.74) is 1.12. The highest BCUT2D eigenvalue weighted by atomic mass is 16.2. The highest BCUT2D eigenvalue weighted by Crippen LogP contribution is 2.22. The van der Waals surface area contributed by atoms with Gasteiger partial charge in [0.25, 0.3) is 0 Å². The first kappa shape index (κ1) is 17.0. The van der Waals surface area contributed by atoms with Crippen LogP contribution in [0.5, 0.6) is 0 Å². The quantitative estimate of drug-likeness (QED) is 0.922. The lowest BCUT2D eigenvalue weighted by Crippen LogP contribution is -2.40. The molecule has 0 spiro atoms. The molecule has 130 valence electrons. The normalized spacial score (nSPS) is 22.9. The van der Waals surface area contributed by atoms with Crippen LogP contribution >= 0.6 is 0 Å². The van der Waals surface area contributed by atoms with Crippen molar-refractivity contribution in [2.75, 3.05) is 6.54 Å². The van der Waals surface area contributed by atoms with Gasteiger partial charge >= 0.3 is 0 Å². The number of hydrogen-bond donors (Lipinski definition) is 1. The van der Waals surface area contributed by atoms with E-state index in [4.69, 9.17) is 0 Å². The first-order valence-electron chi connectivity index (χ1n) is 9.34. The highest BCUT2D eigenvalue weighted by Gasteiger charge is 2.34. The molecule has 3 rings (SSSR count). The van der Waals surface area contributed by atoms with E-state index in [0.29, 0.717) is 25.6 Å². The van der Waals surface area contributed by atoms with Gasteiger partial charge in [0.05, 0.1) is 5.92 Å². The van der Waals surface area contributed by atoms with Crippen LogP contribution in [0.2, 0.25) is 0 Å². The van der Waals surface area contributed by atoms with Gasteiger partial charge in [0.15, 0.2) is 0 Å². The Morgan fingerprint density at radius 2 is 1.71 bits per heavy atom. The van der Waals surface area contributed by atoms with E-state index in [9.17, 15) is 9.59 Å². The molecule has 1 aromatic rings. The molecule has 1 unspecified atom stereocenters. The topological polar surface area (TPSA) is 49.4 Å². The van der Waals surface area contributed by atoms with Crippen molar-refractivity contribution in [3.05, 3.63) is 35.9 Å². The van der Waals surface area contributed by atoms with E-state index in [1.54, 1.807) is 0 Å². The van der Waals surface area contributed by atoms with Gasteiger partial charge in [-0.3, -0.25) is 9.59 Å². The lowest BCUT2D eigenvalue weighted by atomic mass is 9.96. The molecule has 1 atom stereocenters. The van der Waals surface area contributed by atoms with Crippen LogP contribution in [-0.2, 0) is 16.1 Å². The molecule has 2 amide bonds.